The van der Waals surface area contributed by atoms with Gasteiger partial charge in [0.25, 0.3) is 0 Å². The standard InChI is InChI=1S/2C4HF9O3S.Cu/c2*5-1(6,3(9,10)11)2(7,8)4(12,13)17(14,15)16;/h2*(H,14,15,16);/q;;+2/p-2. The molecule has 0 aliphatic heterocycles. The number of halogens is 18. The first kappa shape index (κ1) is 38.6. The first-order chi connectivity index (χ1) is 14.0. The summed E-state index contributed by atoms with van der Waals surface area (Å²) in [6.07, 6.45) is -14.3. The molecule has 0 aromatic rings. The van der Waals surface area contributed by atoms with Gasteiger partial charge >= 0.3 is 63.6 Å². The van der Waals surface area contributed by atoms with Gasteiger partial charge in [0.1, 0.15) is 0 Å². The second-order valence-corrected chi connectivity index (χ2v) is 8.08. The van der Waals surface area contributed by atoms with Gasteiger partial charge in [0, 0.05) is 0 Å². The van der Waals surface area contributed by atoms with E-state index in [1.165, 1.54) is 0 Å². The fourth-order valence-corrected chi connectivity index (χ4v) is 1.92. The van der Waals surface area contributed by atoms with E-state index in [1.807, 2.05) is 0 Å². The van der Waals surface area contributed by atoms with Crippen LogP contribution >= 0.6 is 0 Å². The normalized spacial score (nSPS) is 15.7. The fraction of sp³-hybridized carbons (Fsp3) is 1.00. The van der Waals surface area contributed by atoms with Crippen LogP contribution in [0.15, 0.2) is 0 Å². The van der Waals surface area contributed by atoms with E-state index in [4.69, 9.17) is 0 Å². The molecule has 0 amide bonds. The predicted octanol–water partition coefficient (Wildman–Crippen LogP) is 3.91. The molecule has 1 radical (unpaired) electrons. The fourth-order valence-electron chi connectivity index (χ4n) is 1.04. The quantitative estimate of drug-likeness (QED) is 0.242. The second-order valence-electron chi connectivity index (χ2n) is 5.23. The van der Waals surface area contributed by atoms with Crippen molar-refractivity contribution in [2.75, 3.05) is 0 Å². The van der Waals surface area contributed by atoms with E-state index in [0.29, 0.717) is 0 Å². The summed E-state index contributed by atoms with van der Waals surface area (Å²) in [4.78, 5) is 0. The maximum atomic E-state index is 12.2. The minimum Gasteiger partial charge on any atom is -0.743 e. The maximum Gasteiger partial charge on any atom is 2.00 e. The molecule has 0 rings (SSSR count). The zero-order valence-electron chi connectivity index (χ0n) is 14.4. The molecular formula is C8CuF18O6S2. The molecule has 0 atom stereocenters. The largest absolute Gasteiger partial charge is 2.00 e. The smallest absolute Gasteiger partial charge is 0.743 e. The molecule has 0 heterocycles. The summed E-state index contributed by atoms with van der Waals surface area (Å²) in [5.41, 5.74) is 0. The Bertz CT molecular complexity index is 870. The van der Waals surface area contributed by atoms with E-state index in [1.54, 1.807) is 0 Å². The van der Waals surface area contributed by atoms with Crippen molar-refractivity contribution in [3.63, 3.8) is 0 Å². The monoisotopic (exact) mass is 661 g/mol. The van der Waals surface area contributed by atoms with Gasteiger partial charge in [-0.15, -0.1) is 0 Å². The Hall–Kier alpha value is -0.921. The molecule has 0 saturated carbocycles. The molecule has 0 aromatic heterocycles. The number of rotatable bonds is 6. The Morgan fingerprint density at radius 3 is 0.600 bits per heavy atom. The molecule has 0 aliphatic carbocycles. The van der Waals surface area contributed by atoms with Crippen molar-refractivity contribution < 1.29 is 122 Å². The average Bonchev–Trinajstić information content (AvgIpc) is 2.50. The molecular weight excluding hydrogens is 662 g/mol. The summed E-state index contributed by atoms with van der Waals surface area (Å²) in [6, 6.07) is 0. The average molecular weight is 662 g/mol. The summed E-state index contributed by atoms with van der Waals surface area (Å²) in [7, 11) is -14.8. The van der Waals surface area contributed by atoms with E-state index < -0.39 is 66.8 Å². The van der Waals surface area contributed by atoms with Crippen molar-refractivity contribution in [2.45, 2.75) is 46.6 Å². The predicted molar refractivity (Wildman–Crippen MR) is 61.2 cm³/mol. The molecule has 27 heteroatoms. The van der Waals surface area contributed by atoms with Crippen LogP contribution in [0.25, 0.3) is 0 Å². The molecule has 0 spiro atoms. The molecule has 6 nitrogen and oxygen atoms in total. The van der Waals surface area contributed by atoms with Crippen molar-refractivity contribution in [3.8, 4) is 0 Å². The molecule has 0 N–H and O–H groups in total. The van der Waals surface area contributed by atoms with E-state index in [9.17, 15) is 105 Å². The molecule has 0 bridgehead atoms. The van der Waals surface area contributed by atoms with Gasteiger partial charge in [-0.05, 0) is 0 Å². The maximum absolute atomic E-state index is 12.2. The first-order valence-electron chi connectivity index (χ1n) is 6.31. The van der Waals surface area contributed by atoms with Gasteiger partial charge in [0.15, 0.2) is 20.2 Å². The third-order valence-corrected chi connectivity index (χ3v) is 4.63. The van der Waals surface area contributed by atoms with Gasteiger partial charge in [0.05, 0.1) is 0 Å². The minimum absolute atomic E-state index is 0. The van der Waals surface area contributed by atoms with Gasteiger partial charge in [-0.3, -0.25) is 0 Å². The summed E-state index contributed by atoms with van der Waals surface area (Å²) >= 11 is 0. The molecule has 217 valence electrons. The summed E-state index contributed by atoms with van der Waals surface area (Å²) in [5, 5.41) is -14.2. The van der Waals surface area contributed by atoms with Gasteiger partial charge in [-0.1, -0.05) is 0 Å². The minimum atomic E-state index is -7.43. The summed E-state index contributed by atoms with van der Waals surface area (Å²) in [5.74, 6) is -29.6. The molecule has 35 heavy (non-hydrogen) atoms. The summed E-state index contributed by atoms with van der Waals surface area (Å²) < 4.78 is 271. The van der Waals surface area contributed by atoms with E-state index in [2.05, 4.69) is 0 Å². The van der Waals surface area contributed by atoms with Gasteiger partial charge in [-0.25, -0.2) is 16.8 Å². The van der Waals surface area contributed by atoms with Crippen molar-refractivity contribution >= 4 is 20.2 Å². The topological polar surface area (TPSA) is 114 Å². The Kier molecular flexibility index (Phi) is 10.8. The Balaban J connectivity index is -0.000000569. The zero-order chi connectivity index (χ0) is 29.0. The van der Waals surface area contributed by atoms with Crippen molar-refractivity contribution in [2.24, 2.45) is 0 Å². The van der Waals surface area contributed by atoms with Crippen LogP contribution in [-0.4, -0.2) is 72.5 Å². The van der Waals surface area contributed by atoms with Crippen LogP contribution in [0.5, 0.6) is 0 Å². The van der Waals surface area contributed by atoms with Crippen molar-refractivity contribution in [3.05, 3.63) is 0 Å². The van der Waals surface area contributed by atoms with Crippen LogP contribution in [-0.2, 0) is 37.3 Å². The van der Waals surface area contributed by atoms with E-state index >= 15 is 0 Å². The molecule has 0 saturated heterocycles. The van der Waals surface area contributed by atoms with Crippen molar-refractivity contribution in [1.29, 1.82) is 0 Å². The Morgan fingerprint density at radius 1 is 0.371 bits per heavy atom. The van der Waals surface area contributed by atoms with E-state index in [0.717, 1.165) is 0 Å². The number of alkyl halides is 18. The van der Waals surface area contributed by atoms with Gasteiger partial charge in [0.2, 0.25) is 0 Å². The second kappa shape index (κ2) is 9.75. The van der Waals surface area contributed by atoms with Crippen molar-refractivity contribution in [1.82, 2.24) is 0 Å². The Labute approximate surface area is 189 Å². The van der Waals surface area contributed by atoms with Crippen LogP contribution in [0.3, 0.4) is 0 Å². The first-order valence-corrected chi connectivity index (χ1v) is 9.13. The van der Waals surface area contributed by atoms with Gasteiger partial charge < -0.3 is 9.11 Å². The van der Waals surface area contributed by atoms with Crippen LogP contribution < -0.4 is 0 Å². The number of hydrogen-bond donors (Lipinski definition) is 0. The van der Waals surface area contributed by atoms with Crippen LogP contribution in [0.2, 0.25) is 0 Å². The SMILES string of the molecule is O=S(=O)([O-])C(F)(F)C(F)(F)C(F)(F)C(F)(F)F.O=S(=O)([O-])C(F)(F)C(F)(F)C(F)(F)C(F)(F)F.[Cu+2]. The number of hydrogen-bond acceptors (Lipinski definition) is 6. The third kappa shape index (κ3) is 6.32. The summed E-state index contributed by atoms with van der Waals surface area (Å²) in [6.45, 7) is 0. The van der Waals surface area contributed by atoms with Crippen LogP contribution in [0, 0.1) is 0 Å². The molecule has 0 aliphatic rings. The van der Waals surface area contributed by atoms with E-state index in [-0.39, 0.29) is 17.1 Å². The molecule has 0 unspecified atom stereocenters. The van der Waals surface area contributed by atoms with Crippen LogP contribution in [0.4, 0.5) is 79.0 Å². The zero-order valence-corrected chi connectivity index (χ0v) is 16.9. The molecule has 0 aromatic carbocycles. The van der Waals surface area contributed by atoms with Gasteiger partial charge in [-0.2, -0.15) is 79.0 Å². The Morgan fingerprint density at radius 2 is 0.514 bits per heavy atom. The third-order valence-electron chi connectivity index (χ3n) is 2.86. The van der Waals surface area contributed by atoms with Crippen LogP contribution in [0.1, 0.15) is 0 Å². The molecule has 0 fully saturated rings.